The van der Waals surface area contributed by atoms with Crippen molar-refractivity contribution in [1.82, 2.24) is 4.31 Å². The predicted octanol–water partition coefficient (Wildman–Crippen LogP) is 2.74. The van der Waals surface area contributed by atoms with Crippen LogP contribution in [0.4, 0.5) is 0 Å². The molecule has 1 heterocycles. The molecule has 2 bridgehead atoms. The van der Waals surface area contributed by atoms with Crippen molar-refractivity contribution in [3.05, 3.63) is 0 Å². The van der Waals surface area contributed by atoms with Crippen molar-refractivity contribution in [1.29, 1.82) is 0 Å². The van der Waals surface area contributed by atoms with Gasteiger partial charge in [0.1, 0.15) is 0 Å². The van der Waals surface area contributed by atoms with Gasteiger partial charge < -0.3 is 0 Å². The minimum absolute atomic E-state index is 0.0289. The topological polar surface area (TPSA) is 54.5 Å². The Morgan fingerprint density at radius 3 is 2.68 bits per heavy atom. The zero-order valence-electron chi connectivity index (χ0n) is 14.0. The van der Waals surface area contributed by atoms with Gasteiger partial charge >= 0.3 is 0 Å². The molecule has 4 atom stereocenters. The van der Waals surface area contributed by atoms with E-state index < -0.39 is 10.0 Å². The van der Waals surface area contributed by atoms with Crippen LogP contribution in [0.3, 0.4) is 0 Å². The van der Waals surface area contributed by atoms with Crippen LogP contribution in [0.25, 0.3) is 0 Å². The van der Waals surface area contributed by atoms with Gasteiger partial charge in [0.15, 0.2) is 0 Å². The Labute approximate surface area is 138 Å². The zero-order chi connectivity index (χ0) is 16.3. The molecule has 0 aromatic rings. The lowest BCUT2D eigenvalue weighted by molar-refractivity contribution is -0.132. The first-order valence-corrected chi connectivity index (χ1v) is 11.1. The van der Waals surface area contributed by atoms with E-state index in [1.807, 2.05) is 6.92 Å². The molecular formula is C16H27NO3S2. The Balaban J connectivity index is 1.92. The van der Waals surface area contributed by atoms with Crippen molar-refractivity contribution in [2.24, 2.45) is 22.7 Å². The molecule has 6 heteroatoms. The zero-order valence-corrected chi connectivity index (χ0v) is 15.6. The molecule has 2 saturated carbocycles. The molecule has 0 aromatic heterocycles. The highest BCUT2D eigenvalue weighted by Crippen LogP contribution is 2.70. The van der Waals surface area contributed by atoms with Gasteiger partial charge in [-0.3, -0.25) is 4.79 Å². The molecule has 1 spiro atoms. The number of hydrogen-bond donors (Lipinski definition) is 0. The summed E-state index contributed by atoms with van der Waals surface area (Å²) in [6.07, 6.45) is 2.93. The van der Waals surface area contributed by atoms with E-state index in [0.717, 1.165) is 25.0 Å². The van der Waals surface area contributed by atoms with Crippen molar-refractivity contribution >= 4 is 27.7 Å². The minimum atomic E-state index is -3.46. The number of amides is 1. The largest absolute Gasteiger partial charge is 0.273 e. The summed E-state index contributed by atoms with van der Waals surface area (Å²) in [5.74, 6) is 1.99. The molecule has 0 aromatic carbocycles. The molecule has 0 N–H and O–H groups in total. The SMILES string of the molecule is CCSC[C@H](C)C(=O)N1C2CC3CCC2(CS1(=O)=O)C3(C)C. The third-order valence-electron chi connectivity index (χ3n) is 6.62. The molecule has 1 aliphatic heterocycles. The van der Waals surface area contributed by atoms with Crippen molar-refractivity contribution in [2.75, 3.05) is 17.3 Å². The number of nitrogens with zero attached hydrogens (tertiary/aromatic N) is 1. The average molecular weight is 346 g/mol. The van der Waals surface area contributed by atoms with Gasteiger partial charge in [0.25, 0.3) is 0 Å². The first kappa shape index (κ1) is 16.6. The van der Waals surface area contributed by atoms with E-state index in [1.165, 1.54) is 4.31 Å². The van der Waals surface area contributed by atoms with Gasteiger partial charge in [-0.05, 0) is 36.3 Å². The quantitative estimate of drug-likeness (QED) is 0.786. The molecule has 3 fully saturated rings. The third-order valence-corrected chi connectivity index (χ3v) is 9.68. The van der Waals surface area contributed by atoms with E-state index in [2.05, 4.69) is 20.8 Å². The molecule has 3 rings (SSSR count). The smallest absolute Gasteiger partial charge is 0.239 e. The lowest BCUT2D eigenvalue weighted by Crippen LogP contribution is -2.46. The van der Waals surface area contributed by atoms with Crippen molar-refractivity contribution < 1.29 is 13.2 Å². The second kappa shape index (κ2) is 5.13. The summed E-state index contributed by atoms with van der Waals surface area (Å²) in [5.41, 5.74) is -0.176. The first-order chi connectivity index (χ1) is 10.2. The summed E-state index contributed by atoms with van der Waals surface area (Å²) in [6, 6.07) is -0.0900. The van der Waals surface area contributed by atoms with Gasteiger partial charge in [0.05, 0.1) is 11.8 Å². The highest BCUT2D eigenvalue weighted by Gasteiger charge is 2.72. The summed E-state index contributed by atoms with van der Waals surface area (Å²) in [6.45, 7) is 8.35. The maximum Gasteiger partial charge on any atom is 0.239 e. The Morgan fingerprint density at radius 1 is 1.41 bits per heavy atom. The van der Waals surface area contributed by atoms with Gasteiger partial charge in [-0.1, -0.05) is 27.7 Å². The van der Waals surface area contributed by atoms with Gasteiger partial charge in [-0.2, -0.15) is 11.8 Å². The Hall–Kier alpha value is -0.230. The molecule has 2 aliphatic carbocycles. The standard InChI is InChI=1S/C16H27NO3S2/c1-5-21-9-11(2)14(18)17-13-8-12-6-7-16(13,15(12,3)4)10-22(17,19)20/h11-13H,5-10H2,1-4H3/t11-,12?,13?,16?/m0/s1. The summed E-state index contributed by atoms with van der Waals surface area (Å²) >= 11 is 1.70. The second-order valence-electron chi connectivity index (χ2n) is 7.82. The normalized spacial score (nSPS) is 39.0. The van der Waals surface area contributed by atoms with Crippen LogP contribution in [0, 0.1) is 22.7 Å². The van der Waals surface area contributed by atoms with Crippen molar-refractivity contribution in [3.8, 4) is 0 Å². The van der Waals surface area contributed by atoms with Crippen LogP contribution in [0.15, 0.2) is 0 Å². The number of sulfonamides is 1. The Kier molecular flexibility index (Phi) is 3.88. The number of fused-ring (bicyclic) bond motifs is 1. The molecule has 22 heavy (non-hydrogen) atoms. The fraction of sp³-hybridized carbons (Fsp3) is 0.938. The van der Waals surface area contributed by atoms with Crippen LogP contribution in [-0.2, 0) is 14.8 Å². The van der Waals surface area contributed by atoms with Gasteiger partial charge in [-0.25, -0.2) is 12.7 Å². The number of thioether (sulfide) groups is 1. The summed E-state index contributed by atoms with van der Waals surface area (Å²) < 4.78 is 26.8. The summed E-state index contributed by atoms with van der Waals surface area (Å²) in [7, 11) is -3.46. The maximum absolute atomic E-state index is 12.8. The molecule has 3 aliphatic rings. The Bertz CT molecular complexity index is 586. The lowest BCUT2D eigenvalue weighted by Gasteiger charge is -2.37. The number of rotatable bonds is 4. The van der Waals surface area contributed by atoms with Crippen LogP contribution in [0.2, 0.25) is 0 Å². The third kappa shape index (κ3) is 2.02. The van der Waals surface area contributed by atoms with E-state index in [0.29, 0.717) is 11.7 Å². The fourth-order valence-electron chi connectivity index (χ4n) is 5.16. The van der Waals surface area contributed by atoms with Gasteiger partial charge in [0.2, 0.25) is 15.9 Å². The Morgan fingerprint density at radius 2 is 2.09 bits per heavy atom. The molecule has 1 saturated heterocycles. The van der Waals surface area contributed by atoms with E-state index in [1.54, 1.807) is 11.8 Å². The number of carbonyl (C=O) groups is 1. The van der Waals surface area contributed by atoms with E-state index in [-0.39, 0.29) is 34.4 Å². The predicted molar refractivity (Wildman–Crippen MR) is 90.1 cm³/mol. The van der Waals surface area contributed by atoms with E-state index in [9.17, 15) is 13.2 Å². The van der Waals surface area contributed by atoms with Gasteiger partial charge in [0, 0.05) is 17.1 Å². The molecule has 1 amide bonds. The monoisotopic (exact) mass is 345 g/mol. The summed E-state index contributed by atoms with van der Waals surface area (Å²) in [4.78, 5) is 12.8. The van der Waals surface area contributed by atoms with Crippen molar-refractivity contribution in [2.45, 2.75) is 53.0 Å². The molecular weight excluding hydrogens is 318 g/mol. The maximum atomic E-state index is 12.8. The molecule has 0 radical (unpaired) electrons. The highest BCUT2D eigenvalue weighted by molar-refractivity contribution is 7.99. The molecule has 126 valence electrons. The summed E-state index contributed by atoms with van der Waals surface area (Å²) in [5, 5.41) is 0. The van der Waals surface area contributed by atoms with E-state index >= 15 is 0 Å². The van der Waals surface area contributed by atoms with Crippen molar-refractivity contribution in [3.63, 3.8) is 0 Å². The van der Waals surface area contributed by atoms with Crippen LogP contribution in [0.5, 0.6) is 0 Å². The van der Waals surface area contributed by atoms with Gasteiger partial charge in [-0.15, -0.1) is 0 Å². The lowest BCUT2D eigenvalue weighted by atomic mass is 9.69. The minimum Gasteiger partial charge on any atom is -0.273 e. The highest BCUT2D eigenvalue weighted by atomic mass is 32.2. The second-order valence-corrected chi connectivity index (χ2v) is 11.0. The van der Waals surface area contributed by atoms with Crippen LogP contribution in [0.1, 0.15) is 47.0 Å². The molecule has 4 nitrogen and oxygen atoms in total. The average Bonchev–Trinajstić information content (AvgIpc) is 2.90. The van der Waals surface area contributed by atoms with Crippen LogP contribution < -0.4 is 0 Å². The first-order valence-electron chi connectivity index (χ1n) is 8.31. The van der Waals surface area contributed by atoms with Crippen LogP contribution in [-0.4, -0.2) is 41.9 Å². The fourth-order valence-corrected chi connectivity index (χ4v) is 8.52. The number of carbonyl (C=O) groups excluding carboxylic acids is 1. The van der Waals surface area contributed by atoms with Crippen LogP contribution >= 0.6 is 11.8 Å². The van der Waals surface area contributed by atoms with E-state index in [4.69, 9.17) is 0 Å². The molecule has 3 unspecified atom stereocenters. The number of hydrogen-bond acceptors (Lipinski definition) is 4.